The van der Waals surface area contributed by atoms with E-state index < -0.39 is 24.3 Å². The number of unbranched alkanes of at least 4 members (excludes halogenated alkanes) is 2. The standard InChI is InChI=1S/C20H32O5/c1-2-3-8-12-17(21)13-9-6-4-5-7-10-14-18(22)19(23)15-11-16-20(24)25/h4-7,9-10,13-14,17-19,21-23H,2-3,8,11-12,15-16H2,1H3,(H,24,25)/b6-4+,7-5+,13-9+,14-10+. The number of aliphatic carboxylic acids is 1. The molecule has 0 saturated heterocycles. The van der Waals surface area contributed by atoms with Gasteiger partial charge in [-0.25, -0.2) is 0 Å². The van der Waals surface area contributed by atoms with Gasteiger partial charge in [-0.15, -0.1) is 0 Å². The van der Waals surface area contributed by atoms with Crippen LogP contribution in [0.15, 0.2) is 48.6 Å². The fourth-order valence-corrected chi connectivity index (χ4v) is 2.09. The number of carboxylic acids is 1. The molecule has 25 heavy (non-hydrogen) atoms. The summed E-state index contributed by atoms with van der Waals surface area (Å²) < 4.78 is 0. The van der Waals surface area contributed by atoms with Gasteiger partial charge in [0.2, 0.25) is 0 Å². The van der Waals surface area contributed by atoms with Crippen molar-refractivity contribution in [3.8, 4) is 0 Å². The Bertz CT molecular complexity index is 451. The third-order valence-electron chi connectivity index (χ3n) is 3.59. The van der Waals surface area contributed by atoms with E-state index in [0.717, 1.165) is 25.7 Å². The zero-order valence-electron chi connectivity index (χ0n) is 15.0. The van der Waals surface area contributed by atoms with E-state index in [1.165, 1.54) is 6.08 Å². The number of rotatable bonds is 14. The minimum atomic E-state index is -1.01. The molecule has 0 aromatic rings. The van der Waals surface area contributed by atoms with E-state index in [-0.39, 0.29) is 12.8 Å². The van der Waals surface area contributed by atoms with Crippen LogP contribution in [0.2, 0.25) is 0 Å². The second-order valence-corrected chi connectivity index (χ2v) is 5.95. The topological polar surface area (TPSA) is 98.0 Å². The first kappa shape index (κ1) is 23.3. The monoisotopic (exact) mass is 352 g/mol. The van der Waals surface area contributed by atoms with Gasteiger partial charge in [-0.3, -0.25) is 4.79 Å². The first-order valence-corrected chi connectivity index (χ1v) is 8.91. The fourth-order valence-electron chi connectivity index (χ4n) is 2.09. The summed E-state index contributed by atoms with van der Waals surface area (Å²) in [5.74, 6) is -0.908. The molecular weight excluding hydrogens is 320 g/mol. The summed E-state index contributed by atoms with van der Waals surface area (Å²) in [6.45, 7) is 2.13. The van der Waals surface area contributed by atoms with E-state index in [4.69, 9.17) is 5.11 Å². The van der Waals surface area contributed by atoms with E-state index in [1.54, 1.807) is 36.5 Å². The van der Waals surface area contributed by atoms with Crippen molar-refractivity contribution in [3.05, 3.63) is 48.6 Å². The SMILES string of the molecule is CCCCCC(O)/C=C/C=C/C=C/C=C/C(O)C(O)CCCC(=O)O. The summed E-state index contributed by atoms with van der Waals surface area (Å²) >= 11 is 0. The van der Waals surface area contributed by atoms with Crippen molar-refractivity contribution in [2.24, 2.45) is 0 Å². The molecule has 5 nitrogen and oxygen atoms in total. The molecule has 0 saturated carbocycles. The van der Waals surface area contributed by atoms with Crippen LogP contribution >= 0.6 is 0 Å². The quantitative estimate of drug-likeness (QED) is 0.284. The molecule has 0 rings (SSSR count). The molecular formula is C20H32O5. The van der Waals surface area contributed by atoms with Gasteiger partial charge in [0, 0.05) is 6.42 Å². The Hall–Kier alpha value is -1.69. The molecule has 0 spiro atoms. The van der Waals surface area contributed by atoms with E-state index in [1.807, 2.05) is 6.08 Å². The third-order valence-corrected chi connectivity index (χ3v) is 3.59. The minimum absolute atomic E-state index is 0.0149. The van der Waals surface area contributed by atoms with Gasteiger partial charge in [0.1, 0.15) is 0 Å². The minimum Gasteiger partial charge on any atom is -0.481 e. The van der Waals surface area contributed by atoms with Gasteiger partial charge in [-0.1, -0.05) is 74.8 Å². The molecule has 0 amide bonds. The van der Waals surface area contributed by atoms with Gasteiger partial charge in [0.15, 0.2) is 0 Å². The summed E-state index contributed by atoms with van der Waals surface area (Å²) in [4.78, 5) is 10.4. The highest BCUT2D eigenvalue weighted by Crippen LogP contribution is 2.06. The van der Waals surface area contributed by atoms with Crippen LogP contribution in [0.4, 0.5) is 0 Å². The lowest BCUT2D eigenvalue weighted by atomic mass is 10.1. The number of carboxylic acid groups (broad SMARTS) is 1. The van der Waals surface area contributed by atoms with E-state index in [0.29, 0.717) is 6.42 Å². The molecule has 4 N–H and O–H groups in total. The number of allylic oxidation sites excluding steroid dienone is 6. The van der Waals surface area contributed by atoms with Crippen LogP contribution in [0.3, 0.4) is 0 Å². The van der Waals surface area contributed by atoms with Gasteiger partial charge >= 0.3 is 5.97 Å². The molecule has 3 atom stereocenters. The number of aliphatic hydroxyl groups excluding tert-OH is 3. The van der Waals surface area contributed by atoms with Crippen LogP contribution in [-0.4, -0.2) is 44.7 Å². The van der Waals surface area contributed by atoms with Crippen LogP contribution < -0.4 is 0 Å². The summed E-state index contributed by atoms with van der Waals surface area (Å²) in [6, 6.07) is 0. The molecule has 0 heterocycles. The maximum atomic E-state index is 10.4. The Morgan fingerprint density at radius 2 is 1.44 bits per heavy atom. The normalized spacial score (nSPS) is 16.3. The zero-order valence-corrected chi connectivity index (χ0v) is 15.0. The second-order valence-electron chi connectivity index (χ2n) is 5.95. The molecule has 0 bridgehead atoms. The first-order valence-electron chi connectivity index (χ1n) is 8.91. The maximum Gasteiger partial charge on any atom is 0.303 e. The van der Waals surface area contributed by atoms with Crippen molar-refractivity contribution in [3.63, 3.8) is 0 Å². The van der Waals surface area contributed by atoms with E-state index in [2.05, 4.69) is 6.92 Å². The zero-order chi connectivity index (χ0) is 18.9. The smallest absolute Gasteiger partial charge is 0.303 e. The average molecular weight is 352 g/mol. The Labute approximate surface area is 150 Å². The molecule has 0 aromatic carbocycles. The van der Waals surface area contributed by atoms with Crippen LogP contribution in [0, 0.1) is 0 Å². The molecule has 0 aliphatic carbocycles. The predicted molar refractivity (Wildman–Crippen MR) is 100 cm³/mol. The highest BCUT2D eigenvalue weighted by Gasteiger charge is 2.12. The fraction of sp³-hybridized carbons (Fsp3) is 0.550. The Balaban J connectivity index is 3.97. The van der Waals surface area contributed by atoms with Crippen molar-refractivity contribution in [2.45, 2.75) is 70.2 Å². The van der Waals surface area contributed by atoms with Crippen LogP contribution in [0.5, 0.6) is 0 Å². The van der Waals surface area contributed by atoms with Gasteiger partial charge in [0.25, 0.3) is 0 Å². The summed E-state index contributed by atoms with van der Waals surface area (Å²) in [5, 5.41) is 37.6. The largest absolute Gasteiger partial charge is 0.481 e. The van der Waals surface area contributed by atoms with Gasteiger partial charge < -0.3 is 20.4 Å². The van der Waals surface area contributed by atoms with Crippen LogP contribution in [0.25, 0.3) is 0 Å². The Morgan fingerprint density at radius 1 is 0.840 bits per heavy atom. The molecule has 142 valence electrons. The Morgan fingerprint density at radius 3 is 2.04 bits per heavy atom. The number of carbonyl (C=O) groups is 1. The summed E-state index contributed by atoms with van der Waals surface area (Å²) in [6.07, 6.45) is 16.0. The van der Waals surface area contributed by atoms with Crippen molar-refractivity contribution >= 4 is 5.97 Å². The van der Waals surface area contributed by atoms with Crippen molar-refractivity contribution in [2.75, 3.05) is 0 Å². The average Bonchev–Trinajstić information content (AvgIpc) is 2.56. The van der Waals surface area contributed by atoms with Gasteiger partial charge in [-0.2, -0.15) is 0 Å². The molecule has 0 aliphatic rings. The molecule has 3 unspecified atom stereocenters. The van der Waals surface area contributed by atoms with Crippen molar-refractivity contribution in [1.82, 2.24) is 0 Å². The second kappa shape index (κ2) is 15.8. The van der Waals surface area contributed by atoms with Crippen molar-refractivity contribution < 1.29 is 25.2 Å². The molecule has 0 aromatic heterocycles. The van der Waals surface area contributed by atoms with E-state index in [9.17, 15) is 20.1 Å². The van der Waals surface area contributed by atoms with Gasteiger partial charge in [0.05, 0.1) is 18.3 Å². The van der Waals surface area contributed by atoms with Crippen molar-refractivity contribution in [1.29, 1.82) is 0 Å². The number of hydrogen-bond acceptors (Lipinski definition) is 4. The van der Waals surface area contributed by atoms with Gasteiger partial charge in [-0.05, 0) is 19.3 Å². The predicted octanol–water partition coefficient (Wildman–Crippen LogP) is 3.13. The Kier molecular flexibility index (Phi) is 14.7. The first-order chi connectivity index (χ1) is 12.0. The third kappa shape index (κ3) is 15.6. The van der Waals surface area contributed by atoms with Crippen LogP contribution in [-0.2, 0) is 4.79 Å². The van der Waals surface area contributed by atoms with E-state index >= 15 is 0 Å². The highest BCUT2D eigenvalue weighted by atomic mass is 16.4. The number of aliphatic hydroxyl groups is 3. The van der Waals surface area contributed by atoms with Crippen LogP contribution in [0.1, 0.15) is 51.9 Å². The lowest BCUT2D eigenvalue weighted by molar-refractivity contribution is -0.137. The highest BCUT2D eigenvalue weighted by molar-refractivity contribution is 5.66. The summed E-state index contributed by atoms with van der Waals surface area (Å²) in [7, 11) is 0. The molecule has 5 heteroatoms. The number of hydrogen-bond donors (Lipinski definition) is 4. The lowest BCUT2D eigenvalue weighted by Gasteiger charge is -2.13. The molecule has 0 fully saturated rings. The molecule has 0 radical (unpaired) electrons. The lowest BCUT2D eigenvalue weighted by Crippen LogP contribution is -2.23. The molecule has 0 aliphatic heterocycles. The summed E-state index contributed by atoms with van der Waals surface area (Å²) in [5.41, 5.74) is 0. The maximum absolute atomic E-state index is 10.4.